The van der Waals surface area contributed by atoms with Crippen LogP contribution in [0.15, 0.2) is 60.9 Å². The Bertz CT molecular complexity index is 1170. The Labute approximate surface area is 169 Å². The summed E-state index contributed by atoms with van der Waals surface area (Å²) in [5.41, 5.74) is 2.05. The molecule has 1 amide bonds. The molecule has 0 aliphatic heterocycles. The topological polar surface area (TPSA) is 59.3 Å². The fourth-order valence-corrected chi connectivity index (χ4v) is 3.21. The lowest BCUT2D eigenvalue weighted by Crippen LogP contribution is -2.15. The molecule has 0 aliphatic carbocycles. The average Bonchev–Trinajstić information content (AvgIpc) is 3.00. The van der Waals surface area contributed by atoms with Gasteiger partial charge in [0.05, 0.1) is 23.3 Å². The predicted octanol–water partition coefficient (Wildman–Crippen LogP) is 5.02. The van der Waals surface area contributed by atoms with E-state index < -0.39 is 0 Å². The van der Waals surface area contributed by atoms with Gasteiger partial charge in [0.1, 0.15) is 5.82 Å². The van der Waals surface area contributed by atoms with Gasteiger partial charge in [-0.3, -0.25) is 9.20 Å². The lowest BCUT2D eigenvalue weighted by molar-refractivity contribution is -0.115. The third kappa shape index (κ3) is 3.83. The van der Waals surface area contributed by atoms with Crippen molar-refractivity contribution in [1.29, 1.82) is 0 Å². The number of nitrogens with zero attached hydrogens (tertiary/aromatic N) is 3. The van der Waals surface area contributed by atoms with Crippen molar-refractivity contribution in [2.75, 3.05) is 5.32 Å². The van der Waals surface area contributed by atoms with Crippen LogP contribution in [-0.2, 0) is 11.2 Å². The van der Waals surface area contributed by atoms with Crippen molar-refractivity contribution in [3.8, 4) is 11.3 Å². The van der Waals surface area contributed by atoms with E-state index >= 15 is 0 Å². The van der Waals surface area contributed by atoms with Crippen LogP contribution in [0.25, 0.3) is 17.0 Å². The van der Waals surface area contributed by atoms with Gasteiger partial charge in [0.25, 0.3) is 0 Å². The second kappa shape index (κ2) is 7.58. The highest BCUT2D eigenvalue weighted by Gasteiger charge is 2.18. The van der Waals surface area contributed by atoms with Crippen molar-refractivity contribution in [2.24, 2.45) is 0 Å². The van der Waals surface area contributed by atoms with E-state index in [-0.39, 0.29) is 18.1 Å². The van der Waals surface area contributed by atoms with Crippen molar-refractivity contribution >= 4 is 40.7 Å². The van der Waals surface area contributed by atoms with E-state index in [1.165, 1.54) is 18.3 Å². The maximum Gasteiger partial charge on any atom is 0.236 e. The summed E-state index contributed by atoms with van der Waals surface area (Å²) in [7, 11) is 0. The number of carbonyl (C=O) groups excluding carboxylic acids is 1. The first-order valence-corrected chi connectivity index (χ1v) is 9.09. The van der Waals surface area contributed by atoms with Gasteiger partial charge in [0.15, 0.2) is 5.82 Å². The quantitative estimate of drug-likeness (QED) is 0.509. The Kier molecular flexibility index (Phi) is 4.98. The number of halogens is 3. The minimum Gasteiger partial charge on any atom is -0.309 e. The smallest absolute Gasteiger partial charge is 0.236 e. The second-order valence-corrected chi connectivity index (χ2v) is 6.99. The van der Waals surface area contributed by atoms with Gasteiger partial charge in [-0.25, -0.2) is 9.37 Å². The molecule has 4 aromatic rings. The zero-order valence-corrected chi connectivity index (χ0v) is 15.9. The minimum atomic E-state index is -0.351. The summed E-state index contributed by atoms with van der Waals surface area (Å²) >= 11 is 12.2. The van der Waals surface area contributed by atoms with Gasteiger partial charge in [-0.15, -0.1) is 0 Å². The lowest BCUT2D eigenvalue weighted by atomic mass is 10.1. The maximum absolute atomic E-state index is 13.1. The zero-order chi connectivity index (χ0) is 19.7. The molecule has 0 unspecified atom stereocenters. The van der Waals surface area contributed by atoms with E-state index in [1.807, 2.05) is 6.07 Å². The van der Waals surface area contributed by atoms with Gasteiger partial charge in [-0.05, 0) is 29.8 Å². The number of hydrogen-bond acceptors (Lipinski definition) is 3. The number of aromatic nitrogens is 3. The van der Waals surface area contributed by atoms with E-state index in [0.717, 1.165) is 5.56 Å². The fraction of sp³-hybridized carbons (Fsp3) is 0.0500. The Morgan fingerprint density at radius 3 is 2.64 bits per heavy atom. The summed E-state index contributed by atoms with van der Waals surface area (Å²) < 4.78 is 14.7. The first-order valence-electron chi connectivity index (χ1n) is 8.33. The lowest BCUT2D eigenvalue weighted by Gasteiger charge is -2.08. The van der Waals surface area contributed by atoms with Gasteiger partial charge in [-0.1, -0.05) is 47.5 Å². The van der Waals surface area contributed by atoms with Gasteiger partial charge in [0, 0.05) is 16.8 Å². The molecule has 2 aromatic carbocycles. The third-order valence-corrected chi connectivity index (χ3v) is 4.51. The van der Waals surface area contributed by atoms with Gasteiger partial charge in [-0.2, -0.15) is 4.98 Å². The van der Waals surface area contributed by atoms with Crippen LogP contribution in [0.2, 0.25) is 10.0 Å². The summed E-state index contributed by atoms with van der Waals surface area (Å²) in [6.45, 7) is 0. The van der Waals surface area contributed by atoms with Crippen LogP contribution in [0.1, 0.15) is 5.56 Å². The monoisotopic (exact) mass is 414 g/mol. The summed E-state index contributed by atoms with van der Waals surface area (Å²) in [6, 6.07) is 12.9. The summed E-state index contributed by atoms with van der Waals surface area (Å²) in [4.78, 5) is 21.2. The first kappa shape index (κ1) is 18.4. The minimum absolute atomic E-state index is 0.0807. The maximum atomic E-state index is 13.1. The molecule has 140 valence electrons. The Balaban J connectivity index is 1.72. The van der Waals surface area contributed by atoms with E-state index in [0.29, 0.717) is 32.9 Å². The molecule has 4 rings (SSSR count). The number of rotatable bonds is 4. The van der Waals surface area contributed by atoms with Crippen LogP contribution in [-0.4, -0.2) is 20.3 Å². The van der Waals surface area contributed by atoms with E-state index in [1.54, 1.807) is 40.9 Å². The van der Waals surface area contributed by atoms with Crippen molar-refractivity contribution < 1.29 is 9.18 Å². The number of carbonyl (C=O) groups is 1. The van der Waals surface area contributed by atoms with Crippen LogP contribution in [0, 0.1) is 5.82 Å². The number of amides is 1. The van der Waals surface area contributed by atoms with Gasteiger partial charge >= 0.3 is 0 Å². The number of imidazole rings is 1. The van der Waals surface area contributed by atoms with E-state index in [2.05, 4.69) is 15.3 Å². The molecule has 0 radical (unpaired) electrons. The Morgan fingerprint density at radius 1 is 1.11 bits per heavy atom. The van der Waals surface area contributed by atoms with Crippen LogP contribution in [0.4, 0.5) is 10.2 Å². The number of benzene rings is 2. The van der Waals surface area contributed by atoms with Crippen molar-refractivity contribution in [3.63, 3.8) is 0 Å². The number of anilines is 1. The van der Waals surface area contributed by atoms with Crippen LogP contribution in [0.3, 0.4) is 0 Å². The largest absolute Gasteiger partial charge is 0.309 e. The first-order chi connectivity index (χ1) is 13.5. The molecule has 2 aromatic heterocycles. The summed E-state index contributed by atoms with van der Waals surface area (Å²) in [5.74, 6) is 0.0840. The summed E-state index contributed by atoms with van der Waals surface area (Å²) in [5, 5.41) is 3.79. The Hall–Kier alpha value is -2.96. The molecule has 0 aliphatic rings. The zero-order valence-electron chi connectivity index (χ0n) is 14.4. The molecule has 2 heterocycles. The second-order valence-electron chi connectivity index (χ2n) is 6.11. The molecular weight excluding hydrogens is 402 g/mol. The third-order valence-electron chi connectivity index (χ3n) is 4.08. The molecule has 0 saturated carbocycles. The fourth-order valence-electron chi connectivity index (χ4n) is 2.87. The molecule has 0 atom stereocenters. The number of fused-ring (bicyclic) bond motifs is 1. The number of hydrogen-bond donors (Lipinski definition) is 1. The standard InChI is InChI=1S/C20H13Cl2FN4O/c21-14-3-1-2-13(9-14)18-19(26-20-24-10-15(22)11-27(18)20)25-17(28)8-12-4-6-16(23)7-5-12/h1-7,9-11H,8H2,(H,25,28). The van der Waals surface area contributed by atoms with Gasteiger partial charge in [0.2, 0.25) is 11.7 Å². The molecule has 0 spiro atoms. The van der Waals surface area contributed by atoms with Crippen molar-refractivity contribution in [1.82, 2.24) is 14.4 Å². The highest BCUT2D eigenvalue weighted by Crippen LogP contribution is 2.31. The molecule has 0 bridgehead atoms. The SMILES string of the molecule is O=C(Cc1ccc(F)cc1)Nc1nc2ncc(Cl)cn2c1-c1cccc(Cl)c1. The van der Waals surface area contributed by atoms with Crippen LogP contribution < -0.4 is 5.32 Å². The van der Waals surface area contributed by atoms with Crippen molar-refractivity contribution in [2.45, 2.75) is 6.42 Å². The average molecular weight is 415 g/mol. The molecule has 1 N–H and O–H groups in total. The predicted molar refractivity (Wildman–Crippen MR) is 107 cm³/mol. The molecule has 0 fully saturated rings. The van der Waals surface area contributed by atoms with E-state index in [9.17, 15) is 9.18 Å². The summed E-state index contributed by atoms with van der Waals surface area (Å²) in [6.07, 6.45) is 3.23. The normalized spacial score (nSPS) is 11.0. The highest BCUT2D eigenvalue weighted by molar-refractivity contribution is 6.31. The molecule has 5 nitrogen and oxygen atoms in total. The highest BCUT2D eigenvalue weighted by atomic mass is 35.5. The molecular formula is C20H13Cl2FN4O. The molecule has 8 heteroatoms. The van der Waals surface area contributed by atoms with Crippen LogP contribution in [0.5, 0.6) is 0 Å². The number of nitrogens with one attached hydrogen (secondary N) is 1. The van der Waals surface area contributed by atoms with Gasteiger partial charge < -0.3 is 5.32 Å². The van der Waals surface area contributed by atoms with E-state index in [4.69, 9.17) is 23.2 Å². The Morgan fingerprint density at radius 2 is 1.89 bits per heavy atom. The van der Waals surface area contributed by atoms with Crippen LogP contribution >= 0.6 is 23.2 Å². The molecule has 28 heavy (non-hydrogen) atoms. The molecule has 0 saturated heterocycles. The van der Waals surface area contributed by atoms with Crippen molar-refractivity contribution in [3.05, 3.63) is 82.4 Å².